The van der Waals surface area contributed by atoms with Gasteiger partial charge in [-0.25, -0.2) is 0 Å². The third-order valence-electron chi connectivity index (χ3n) is 4.89. The molecule has 0 saturated carbocycles. The molecule has 3 rings (SSSR count). The van der Waals surface area contributed by atoms with Crippen molar-refractivity contribution in [3.63, 3.8) is 0 Å². The van der Waals surface area contributed by atoms with Gasteiger partial charge in [0.25, 0.3) is 0 Å². The highest BCUT2D eigenvalue weighted by atomic mass is 16.5. The molecule has 1 saturated heterocycles. The Bertz CT molecular complexity index is 816. The van der Waals surface area contributed by atoms with Crippen molar-refractivity contribution >= 4 is 11.8 Å². The molecule has 0 aliphatic carbocycles. The van der Waals surface area contributed by atoms with Crippen molar-refractivity contribution in [1.82, 2.24) is 24.8 Å². The van der Waals surface area contributed by atoms with Gasteiger partial charge in [-0.05, 0) is 24.0 Å². The number of amides is 2. The molecule has 0 spiro atoms. The van der Waals surface area contributed by atoms with Gasteiger partial charge in [-0.3, -0.25) is 24.5 Å². The van der Waals surface area contributed by atoms with E-state index in [1.54, 1.807) is 35.9 Å². The Morgan fingerprint density at radius 2 is 2.03 bits per heavy atom. The zero-order chi connectivity index (χ0) is 21.3. The Morgan fingerprint density at radius 1 is 1.20 bits per heavy atom. The number of carbonyl (C=O) groups excluding carboxylic acids is 2. The van der Waals surface area contributed by atoms with Gasteiger partial charge in [0.2, 0.25) is 11.8 Å². The van der Waals surface area contributed by atoms with Crippen LogP contribution in [0.5, 0.6) is 0 Å². The van der Waals surface area contributed by atoms with E-state index in [1.807, 2.05) is 17.0 Å². The predicted octanol–water partition coefficient (Wildman–Crippen LogP) is 1.72. The van der Waals surface area contributed by atoms with Crippen LogP contribution in [0.4, 0.5) is 0 Å². The summed E-state index contributed by atoms with van der Waals surface area (Å²) in [5, 5.41) is 0. The first-order valence-corrected chi connectivity index (χ1v) is 10.3. The molecule has 1 atom stereocenters. The quantitative estimate of drug-likeness (QED) is 0.657. The Labute approximate surface area is 177 Å². The molecule has 1 aliphatic heterocycles. The maximum atomic E-state index is 12.9. The SMILES string of the molecule is CC(C)CN1CC(OCc2cccnc2)CN(C(=O)CCc2cnccn2)CC1=O. The zero-order valence-corrected chi connectivity index (χ0v) is 17.6. The van der Waals surface area contributed by atoms with Crippen molar-refractivity contribution in [2.45, 2.75) is 39.4 Å². The van der Waals surface area contributed by atoms with Crippen LogP contribution in [0.2, 0.25) is 0 Å². The molecular formula is C22H29N5O3. The molecule has 1 unspecified atom stereocenters. The molecular weight excluding hydrogens is 382 g/mol. The van der Waals surface area contributed by atoms with E-state index in [1.165, 1.54) is 0 Å². The minimum absolute atomic E-state index is 0.0379. The van der Waals surface area contributed by atoms with Crippen molar-refractivity contribution in [3.8, 4) is 0 Å². The number of nitrogens with zero attached hydrogens (tertiary/aromatic N) is 5. The third-order valence-corrected chi connectivity index (χ3v) is 4.89. The molecule has 1 fully saturated rings. The number of rotatable bonds is 8. The first-order chi connectivity index (χ1) is 14.5. The molecule has 160 valence electrons. The number of aryl methyl sites for hydroxylation is 1. The van der Waals surface area contributed by atoms with Crippen LogP contribution in [0.3, 0.4) is 0 Å². The Balaban J connectivity index is 1.65. The van der Waals surface area contributed by atoms with Crippen molar-refractivity contribution in [3.05, 3.63) is 54.4 Å². The summed E-state index contributed by atoms with van der Waals surface area (Å²) in [6, 6.07) is 3.81. The molecule has 30 heavy (non-hydrogen) atoms. The average molecular weight is 412 g/mol. The highest BCUT2D eigenvalue weighted by Crippen LogP contribution is 2.14. The number of aromatic nitrogens is 3. The van der Waals surface area contributed by atoms with E-state index in [9.17, 15) is 9.59 Å². The number of pyridine rings is 1. The van der Waals surface area contributed by atoms with Crippen LogP contribution in [0.1, 0.15) is 31.5 Å². The fourth-order valence-corrected chi connectivity index (χ4v) is 3.44. The lowest BCUT2D eigenvalue weighted by Crippen LogP contribution is -2.40. The summed E-state index contributed by atoms with van der Waals surface area (Å²) in [7, 11) is 0. The second kappa shape index (κ2) is 10.8. The van der Waals surface area contributed by atoms with E-state index in [4.69, 9.17) is 4.74 Å². The molecule has 2 amide bonds. The highest BCUT2D eigenvalue weighted by Gasteiger charge is 2.31. The Morgan fingerprint density at radius 3 is 2.73 bits per heavy atom. The van der Waals surface area contributed by atoms with Gasteiger partial charge in [0.05, 0.1) is 24.9 Å². The standard InChI is InChI=1S/C22H29N5O3/c1-17(2)12-26-13-20(30-16-18-4-3-7-23-10-18)14-27(15-22(26)29)21(28)6-5-19-11-24-8-9-25-19/h3-4,7-11,17,20H,5-6,12-16H2,1-2H3. The first kappa shape index (κ1) is 21.8. The van der Waals surface area contributed by atoms with Crippen molar-refractivity contribution < 1.29 is 14.3 Å². The lowest BCUT2D eigenvalue weighted by molar-refractivity contribution is -0.139. The van der Waals surface area contributed by atoms with Crippen LogP contribution in [-0.4, -0.2) is 68.8 Å². The summed E-state index contributed by atoms with van der Waals surface area (Å²) < 4.78 is 6.10. The second-order valence-electron chi connectivity index (χ2n) is 7.96. The van der Waals surface area contributed by atoms with Crippen LogP contribution in [0.25, 0.3) is 0 Å². The third kappa shape index (κ3) is 6.59. The summed E-state index contributed by atoms with van der Waals surface area (Å²) in [5.41, 5.74) is 1.72. The molecule has 2 aromatic heterocycles. The molecule has 0 N–H and O–H groups in total. The minimum atomic E-state index is -0.254. The van der Waals surface area contributed by atoms with Gasteiger partial charge >= 0.3 is 0 Å². The van der Waals surface area contributed by atoms with Crippen molar-refractivity contribution in [2.75, 3.05) is 26.2 Å². The fraction of sp³-hybridized carbons (Fsp3) is 0.500. The van der Waals surface area contributed by atoms with E-state index < -0.39 is 0 Å². The van der Waals surface area contributed by atoms with Crippen LogP contribution in [0, 0.1) is 5.92 Å². The first-order valence-electron chi connectivity index (χ1n) is 10.3. The average Bonchev–Trinajstić information content (AvgIpc) is 2.90. The van der Waals surface area contributed by atoms with E-state index in [0.717, 1.165) is 11.3 Å². The minimum Gasteiger partial charge on any atom is -0.370 e. The summed E-state index contributed by atoms with van der Waals surface area (Å²) in [6.07, 6.45) is 8.88. The Hall–Kier alpha value is -2.87. The van der Waals surface area contributed by atoms with Gasteiger partial charge in [0, 0.05) is 57.0 Å². The summed E-state index contributed by atoms with van der Waals surface area (Å²) in [5.74, 6) is 0.228. The van der Waals surface area contributed by atoms with E-state index in [0.29, 0.717) is 38.6 Å². The summed E-state index contributed by atoms with van der Waals surface area (Å²) in [6.45, 7) is 6.14. The molecule has 0 aromatic carbocycles. The topological polar surface area (TPSA) is 88.5 Å². The van der Waals surface area contributed by atoms with Gasteiger partial charge in [-0.15, -0.1) is 0 Å². The molecule has 0 bridgehead atoms. The number of ether oxygens (including phenoxy) is 1. The van der Waals surface area contributed by atoms with Gasteiger partial charge < -0.3 is 14.5 Å². The van der Waals surface area contributed by atoms with E-state index in [2.05, 4.69) is 28.8 Å². The molecule has 2 aromatic rings. The van der Waals surface area contributed by atoms with Crippen LogP contribution in [-0.2, 0) is 27.4 Å². The molecule has 1 aliphatic rings. The molecule has 8 nitrogen and oxygen atoms in total. The predicted molar refractivity (Wildman–Crippen MR) is 111 cm³/mol. The lowest BCUT2D eigenvalue weighted by atomic mass is 10.2. The van der Waals surface area contributed by atoms with E-state index >= 15 is 0 Å². The number of hydrogen-bond donors (Lipinski definition) is 0. The second-order valence-corrected chi connectivity index (χ2v) is 7.96. The van der Waals surface area contributed by atoms with Gasteiger partial charge in [0.1, 0.15) is 0 Å². The lowest BCUT2D eigenvalue weighted by Gasteiger charge is -2.26. The van der Waals surface area contributed by atoms with Gasteiger partial charge in [0.15, 0.2) is 0 Å². The molecule has 8 heteroatoms. The van der Waals surface area contributed by atoms with Gasteiger partial charge in [-0.1, -0.05) is 19.9 Å². The van der Waals surface area contributed by atoms with Crippen LogP contribution < -0.4 is 0 Å². The molecule has 3 heterocycles. The summed E-state index contributed by atoms with van der Waals surface area (Å²) >= 11 is 0. The Kier molecular flexibility index (Phi) is 7.84. The van der Waals surface area contributed by atoms with Crippen LogP contribution in [0.15, 0.2) is 43.1 Å². The highest BCUT2D eigenvalue weighted by molar-refractivity contribution is 5.85. The van der Waals surface area contributed by atoms with Gasteiger partial charge in [-0.2, -0.15) is 0 Å². The number of hydrogen-bond acceptors (Lipinski definition) is 6. The van der Waals surface area contributed by atoms with Crippen molar-refractivity contribution in [2.24, 2.45) is 5.92 Å². The fourth-order valence-electron chi connectivity index (χ4n) is 3.44. The monoisotopic (exact) mass is 411 g/mol. The number of carbonyl (C=O) groups is 2. The van der Waals surface area contributed by atoms with E-state index in [-0.39, 0.29) is 30.9 Å². The van der Waals surface area contributed by atoms with Crippen molar-refractivity contribution in [1.29, 1.82) is 0 Å². The maximum absolute atomic E-state index is 12.9. The maximum Gasteiger partial charge on any atom is 0.242 e. The van der Waals surface area contributed by atoms with Crippen LogP contribution >= 0.6 is 0 Å². The molecule has 0 radical (unpaired) electrons. The zero-order valence-electron chi connectivity index (χ0n) is 17.6. The normalized spacial score (nSPS) is 17.3. The smallest absolute Gasteiger partial charge is 0.242 e. The largest absolute Gasteiger partial charge is 0.370 e. The summed E-state index contributed by atoms with van der Waals surface area (Å²) in [4.78, 5) is 41.4.